The Bertz CT molecular complexity index is 2480. The number of hydrogen-bond acceptors (Lipinski definition) is 3. The van der Waals surface area contributed by atoms with Crippen molar-refractivity contribution in [3.8, 4) is 0 Å². The van der Waals surface area contributed by atoms with E-state index in [1.807, 2.05) is 115 Å². The van der Waals surface area contributed by atoms with Crippen molar-refractivity contribution in [2.24, 2.45) is 0 Å². The highest BCUT2D eigenvalue weighted by Crippen LogP contribution is 2.45. The van der Waals surface area contributed by atoms with Gasteiger partial charge in [-0.15, -0.1) is 0 Å². The Morgan fingerprint density at radius 1 is 0.717 bits per heavy atom. The molecule has 1 atom stereocenters. The highest BCUT2D eigenvalue weighted by molar-refractivity contribution is 6.39. The molecule has 1 aromatic heterocycles. The normalized spacial score (nSPS) is 13.8. The monoisotopic (exact) mass is 712 g/mol. The number of rotatable bonds is 9. The summed E-state index contributed by atoms with van der Waals surface area (Å²) in [7, 11) is 0. The first-order valence-corrected chi connectivity index (χ1v) is 17.6. The summed E-state index contributed by atoms with van der Waals surface area (Å²) in [5, 5.41) is 7.52. The van der Waals surface area contributed by atoms with Crippen molar-refractivity contribution >= 4 is 62.7 Å². The molecular weight excluding hydrogens is 680 g/mol. The minimum absolute atomic E-state index is 0.154. The highest BCUT2D eigenvalue weighted by atomic mass is 35.5. The van der Waals surface area contributed by atoms with Gasteiger partial charge in [-0.2, -0.15) is 0 Å². The van der Waals surface area contributed by atoms with Crippen molar-refractivity contribution in [2.75, 3.05) is 10.2 Å². The first kappa shape index (κ1) is 33.4. The predicted molar refractivity (Wildman–Crippen MR) is 211 cm³/mol. The first-order valence-electron chi connectivity index (χ1n) is 17.2. The largest absolute Gasteiger partial charge is 0.354 e. The van der Waals surface area contributed by atoms with Gasteiger partial charge in [0.1, 0.15) is 6.04 Å². The molecule has 1 aliphatic rings. The Hall–Kier alpha value is -6.70. The summed E-state index contributed by atoms with van der Waals surface area (Å²) in [6.07, 6.45) is 0. The maximum absolute atomic E-state index is 14.8. The molecule has 2 heterocycles. The van der Waals surface area contributed by atoms with Crippen molar-refractivity contribution < 1.29 is 14.4 Å². The number of halogens is 1. The van der Waals surface area contributed by atoms with Gasteiger partial charge in [-0.05, 0) is 59.7 Å². The van der Waals surface area contributed by atoms with Crippen molar-refractivity contribution in [1.29, 1.82) is 0 Å². The van der Waals surface area contributed by atoms with Gasteiger partial charge in [0.15, 0.2) is 0 Å². The Morgan fingerprint density at radius 2 is 1.38 bits per heavy atom. The van der Waals surface area contributed by atoms with Gasteiger partial charge in [0.05, 0.1) is 17.8 Å². The topological polar surface area (TPSA) is 94.3 Å². The third-order valence-electron chi connectivity index (χ3n) is 9.39. The number of H-pyrrole nitrogens is 1. The van der Waals surface area contributed by atoms with E-state index >= 15 is 0 Å². The van der Waals surface area contributed by atoms with Gasteiger partial charge in [-0.1, -0.05) is 127 Å². The number of nitrogens with zero attached hydrogens (tertiary/aromatic N) is 1. The maximum atomic E-state index is 14.8. The fourth-order valence-corrected chi connectivity index (χ4v) is 6.97. The summed E-state index contributed by atoms with van der Waals surface area (Å²) in [5.41, 5.74) is 7.46. The van der Waals surface area contributed by atoms with Crippen LogP contribution in [0.25, 0.3) is 22.0 Å². The second kappa shape index (κ2) is 14.5. The average Bonchev–Trinajstić information content (AvgIpc) is 3.74. The maximum Gasteiger partial charge on any atom is 0.260 e. The Morgan fingerprint density at radius 3 is 2.15 bits per heavy atom. The van der Waals surface area contributed by atoms with Crippen LogP contribution < -0.4 is 15.5 Å². The van der Waals surface area contributed by atoms with Crippen LogP contribution in [0.15, 0.2) is 164 Å². The number of nitrogens with one attached hydrogen (secondary N) is 3. The SMILES string of the molecule is O=C(N[C@H](C(=O)Nc1ccccc1/C(=C1/C(=O)N(Cc2ccccc2)c2ccccc21)c1cc2ccccc2[nH]1)c1ccc(Cl)cc1)c1ccccc1. The molecule has 53 heavy (non-hydrogen) atoms. The standard InChI is InChI=1S/C45H33ClN4O3/c46-33-25-23-30(24-26-33)42(49-43(51)31-15-5-2-6-16-31)44(52)48-37-21-11-8-18-34(37)40(38-27-32-17-7-10-20-36(32)47-38)41-35-19-9-12-22-39(35)50(45(41)53)28-29-13-3-1-4-14-29/h1-27,42,47H,28H2,(H,48,52)(H,49,51)/b41-40-/t42-/m0/s1. The number of carbonyl (C=O) groups excluding carboxylic acids is 3. The van der Waals surface area contributed by atoms with Crippen LogP contribution >= 0.6 is 11.6 Å². The van der Waals surface area contributed by atoms with Gasteiger partial charge in [-0.25, -0.2) is 0 Å². The van der Waals surface area contributed by atoms with Crippen molar-refractivity contribution in [3.05, 3.63) is 202 Å². The lowest BCUT2D eigenvalue weighted by Crippen LogP contribution is -2.37. The molecule has 0 saturated carbocycles. The number of aromatic nitrogens is 1. The van der Waals surface area contributed by atoms with Gasteiger partial charge < -0.3 is 20.5 Å². The summed E-state index contributed by atoms with van der Waals surface area (Å²) < 4.78 is 0. The van der Waals surface area contributed by atoms with E-state index in [1.165, 1.54) is 0 Å². The quantitative estimate of drug-likeness (QED) is 0.130. The second-order valence-corrected chi connectivity index (χ2v) is 13.2. The number of amides is 3. The predicted octanol–water partition coefficient (Wildman–Crippen LogP) is 9.44. The van der Waals surface area contributed by atoms with Crippen LogP contribution in [-0.4, -0.2) is 22.7 Å². The van der Waals surface area contributed by atoms with Crippen LogP contribution in [0, 0.1) is 0 Å². The van der Waals surface area contributed by atoms with Crippen LogP contribution in [0.3, 0.4) is 0 Å². The molecule has 3 N–H and O–H groups in total. The molecule has 0 spiro atoms. The third-order valence-corrected chi connectivity index (χ3v) is 9.64. The number of carbonyl (C=O) groups is 3. The van der Waals surface area contributed by atoms with Crippen LogP contribution in [-0.2, 0) is 16.1 Å². The lowest BCUT2D eigenvalue weighted by atomic mass is 9.91. The van der Waals surface area contributed by atoms with Crippen molar-refractivity contribution in [1.82, 2.24) is 10.3 Å². The molecule has 7 nitrogen and oxygen atoms in total. The average molecular weight is 713 g/mol. The van der Waals surface area contributed by atoms with Gasteiger partial charge >= 0.3 is 0 Å². The zero-order valence-electron chi connectivity index (χ0n) is 28.4. The van der Waals surface area contributed by atoms with Crippen molar-refractivity contribution in [3.63, 3.8) is 0 Å². The molecule has 0 bridgehead atoms. The summed E-state index contributed by atoms with van der Waals surface area (Å²) >= 11 is 6.21. The molecule has 0 radical (unpaired) electrons. The molecule has 258 valence electrons. The molecule has 3 amide bonds. The Kier molecular flexibility index (Phi) is 9.15. The molecule has 8 heteroatoms. The molecule has 8 rings (SSSR count). The number of benzene rings is 6. The number of aromatic amines is 1. The van der Waals surface area contributed by atoms with Crippen LogP contribution in [0.5, 0.6) is 0 Å². The molecule has 0 fully saturated rings. The smallest absolute Gasteiger partial charge is 0.260 e. The van der Waals surface area contributed by atoms with E-state index in [0.29, 0.717) is 45.1 Å². The molecule has 7 aromatic rings. The van der Waals surface area contributed by atoms with E-state index in [-0.39, 0.29) is 5.91 Å². The zero-order chi connectivity index (χ0) is 36.3. The van der Waals surface area contributed by atoms with E-state index in [1.54, 1.807) is 53.4 Å². The minimum atomic E-state index is -1.06. The molecular formula is C45H33ClN4O3. The highest BCUT2D eigenvalue weighted by Gasteiger charge is 2.36. The molecule has 0 saturated heterocycles. The van der Waals surface area contributed by atoms with E-state index < -0.39 is 17.9 Å². The molecule has 0 aliphatic carbocycles. The van der Waals surface area contributed by atoms with E-state index in [0.717, 1.165) is 33.4 Å². The summed E-state index contributed by atoms with van der Waals surface area (Å²) in [6, 6.07) is 49.6. The lowest BCUT2D eigenvalue weighted by molar-refractivity contribution is -0.118. The zero-order valence-corrected chi connectivity index (χ0v) is 29.2. The second-order valence-electron chi connectivity index (χ2n) is 12.8. The molecule has 1 aliphatic heterocycles. The van der Waals surface area contributed by atoms with Gasteiger partial charge in [0, 0.05) is 49.6 Å². The molecule has 6 aromatic carbocycles. The van der Waals surface area contributed by atoms with E-state index in [9.17, 15) is 14.4 Å². The minimum Gasteiger partial charge on any atom is -0.354 e. The number of hydrogen-bond donors (Lipinski definition) is 3. The number of fused-ring (bicyclic) bond motifs is 2. The van der Waals surface area contributed by atoms with E-state index in [2.05, 4.69) is 15.6 Å². The molecule has 0 unspecified atom stereocenters. The third kappa shape index (κ3) is 6.73. The Balaban J connectivity index is 1.26. The number of para-hydroxylation sites is 3. The van der Waals surface area contributed by atoms with Gasteiger partial charge in [0.2, 0.25) is 0 Å². The van der Waals surface area contributed by atoms with Gasteiger partial charge in [-0.3, -0.25) is 14.4 Å². The summed E-state index contributed by atoms with van der Waals surface area (Å²) in [5.74, 6) is -1.02. The van der Waals surface area contributed by atoms with Crippen LogP contribution in [0.4, 0.5) is 11.4 Å². The number of anilines is 2. The van der Waals surface area contributed by atoms with Crippen LogP contribution in [0.1, 0.15) is 44.3 Å². The summed E-state index contributed by atoms with van der Waals surface area (Å²) in [6.45, 7) is 0.391. The van der Waals surface area contributed by atoms with E-state index in [4.69, 9.17) is 11.6 Å². The van der Waals surface area contributed by atoms with Gasteiger partial charge in [0.25, 0.3) is 17.7 Å². The fraction of sp³-hybridized carbons (Fsp3) is 0.0444. The van der Waals surface area contributed by atoms with Crippen molar-refractivity contribution in [2.45, 2.75) is 12.6 Å². The first-order chi connectivity index (χ1) is 25.9. The summed E-state index contributed by atoms with van der Waals surface area (Å²) in [4.78, 5) is 48.0. The van der Waals surface area contributed by atoms with Crippen LogP contribution in [0.2, 0.25) is 5.02 Å². The lowest BCUT2D eigenvalue weighted by Gasteiger charge is -2.21. The fourth-order valence-electron chi connectivity index (χ4n) is 6.84. The Labute approximate surface area is 311 Å².